The second kappa shape index (κ2) is 10.9. The van der Waals surface area contributed by atoms with E-state index in [1.807, 2.05) is 24.3 Å². The molecule has 2 aliphatic rings. The fourth-order valence-corrected chi connectivity index (χ4v) is 4.59. The number of nitrogens with one attached hydrogen (secondary N) is 1. The zero-order valence-corrected chi connectivity index (χ0v) is 19.9. The molecule has 0 aliphatic heterocycles. The second-order valence-corrected chi connectivity index (χ2v) is 9.78. The van der Waals surface area contributed by atoms with Crippen molar-refractivity contribution in [2.24, 2.45) is 11.3 Å². The molecule has 1 amide bonds. The molecule has 2 aliphatic carbocycles. The van der Waals surface area contributed by atoms with Crippen LogP contribution in [0.1, 0.15) is 58.4 Å². The molecule has 5 nitrogen and oxygen atoms in total. The van der Waals surface area contributed by atoms with E-state index in [-0.39, 0.29) is 25.5 Å². The van der Waals surface area contributed by atoms with E-state index in [1.165, 1.54) is 18.4 Å². The predicted molar refractivity (Wildman–Crippen MR) is 128 cm³/mol. The molecule has 0 aromatic heterocycles. The minimum Gasteiger partial charge on any atom is -0.493 e. The van der Waals surface area contributed by atoms with Crippen LogP contribution in [0.4, 0.5) is 0 Å². The van der Waals surface area contributed by atoms with Gasteiger partial charge in [-0.05, 0) is 66.4 Å². The predicted octanol–water partition coefficient (Wildman–Crippen LogP) is 5.10. The van der Waals surface area contributed by atoms with Crippen molar-refractivity contribution in [1.29, 1.82) is 0 Å². The summed E-state index contributed by atoms with van der Waals surface area (Å²) in [7, 11) is 1.56. The fourth-order valence-electron chi connectivity index (χ4n) is 4.59. The van der Waals surface area contributed by atoms with Crippen LogP contribution < -0.4 is 14.8 Å². The number of carbonyl (C=O) groups is 1. The minimum absolute atomic E-state index is 0.0431. The Labute approximate surface area is 192 Å². The summed E-state index contributed by atoms with van der Waals surface area (Å²) in [5.74, 6) is 1.86. The van der Waals surface area contributed by atoms with E-state index in [9.17, 15) is 4.79 Å². The molecule has 3 rings (SSSR count). The van der Waals surface area contributed by atoms with Gasteiger partial charge in [-0.2, -0.15) is 0 Å². The van der Waals surface area contributed by atoms with Gasteiger partial charge in [0.15, 0.2) is 11.5 Å². The molecule has 5 heteroatoms. The van der Waals surface area contributed by atoms with Crippen LogP contribution >= 0.6 is 0 Å². The standard InChI is InChI=1S/C27H37NO4/c1-27(2,3)22-11-9-20(10-12-22)21-6-5-7-23(18-21)28-26(30)17-19-8-13-24(32-15-14-29)25(16-19)31-4/h5-8,13,16,22,29H,9-12,14-15,17-18H2,1-4H3,(H,28,30). The van der Waals surface area contributed by atoms with Gasteiger partial charge in [0.25, 0.3) is 0 Å². The molecule has 0 saturated heterocycles. The lowest BCUT2D eigenvalue weighted by Gasteiger charge is -2.35. The topological polar surface area (TPSA) is 67.8 Å². The second-order valence-electron chi connectivity index (χ2n) is 9.78. The lowest BCUT2D eigenvalue weighted by Crippen LogP contribution is -2.26. The maximum absolute atomic E-state index is 12.7. The van der Waals surface area contributed by atoms with E-state index in [1.54, 1.807) is 18.7 Å². The first-order valence-electron chi connectivity index (χ1n) is 11.6. The number of amides is 1. The molecule has 2 N–H and O–H groups in total. The third kappa shape index (κ3) is 6.49. The Morgan fingerprint density at radius 2 is 1.94 bits per heavy atom. The van der Waals surface area contributed by atoms with Crippen LogP contribution in [-0.4, -0.2) is 31.3 Å². The number of hydrogen-bond acceptors (Lipinski definition) is 4. The molecule has 32 heavy (non-hydrogen) atoms. The maximum atomic E-state index is 12.7. The van der Waals surface area contributed by atoms with Crippen molar-refractivity contribution in [2.75, 3.05) is 20.3 Å². The number of aliphatic hydroxyl groups is 1. The van der Waals surface area contributed by atoms with Gasteiger partial charge in [0, 0.05) is 12.1 Å². The highest BCUT2D eigenvalue weighted by Crippen LogP contribution is 2.41. The molecule has 174 valence electrons. The van der Waals surface area contributed by atoms with Crippen LogP contribution in [0.25, 0.3) is 0 Å². The largest absolute Gasteiger partial charge is 0.493 e. The number of benzene rings is 1. The summed E-state index contributed by atoms with van der Waals surface area (Å²) in [6.07, 6.45) is 12.1. The zero-order valence-electron chi connectivity index (χ0n) is 19.9. The van der Waals surface area contributed by atoms with Crippen molar-refractivity contribution in [2.45, 2.75) is 59.3 Å². The number of carbonyl (C=O) groups excluding carboxylic acids is 1. The first-order valence-corrected chi connectivity index (χ1v) is 11.6. The monoisotopic (exact) mass is 439 g/mol. The number of rotatable bonds is 7. The van der Waals surface area contributed by atoms with Gasteiger partial charge in [-0.15, -0.1) is 0 Å². The lowest BCUT2D eigenvalue weighted by molar-refractivity contribution is -0.119. The summed E-state index contributed by atoms with van der Waals surface area (Å²) in [6.45, 7) is 7.17. The lowest BCUT2D eigenvalue weighted by atomic mass is 9.70. The summed E-state index contributed by atoms with van der Waals surface area (Å²) < 4.78 is 10.8. The highest BCUT2D eigenvalue weighted by molar-refractivity contribution is 5.80. The van der Waals surface area contributed by atoms with Gasteiger partial charge < -0.3 is 19.9 Å². The summed E-state index contributed by atoms with van der Waals surface area (Å²) >= 11 is 0. The van der Waals surface area contributed by atoms with Crippen molar-refractivity contribution < 1.29 is 19.4 Å². The van der Waals surface area contributed by atoms with Crippen molar-refractivity contribution in [1.82, 2.24) is 5.32 Å². The molecule has 1 aromatic carbocycles. The van der Waals surface area contributed by atoms with E-state index in [4.69, 9.17) is 14.6 Å². The van der Waals surface area contributed by atoms with Gasteiger partial charge in [0.05, 0.1) is 20.1 Å². The molecule has 1 saturated carbocycles. The summed E-state index contributed by atoms with van der Waals surface area (Å²) in [5.41, 5.74) is 5.09. The Bertz CT molecular complexity index is 895. The summed E-state index contributed by atoms with van der Waals surface area (Å²) in [6, 6.07) is 5.43. The Kier molecular flexibility index (Phi) is 8.19. The maximum Gasteiger partial charge on any atom is 0.228 e. The first kappa shape index (κ1) is 24.1. The molecular weight excluding hydrogens is 402 g/mol. The van der Waals surface area contributed by atoms with E-state index in [0.717, 1.165) is 36.4 Å². The van der Waals surface area contributed by atoms with Crippen molar-refractivity contribution in [3.8, 4) is 11.5 Å². The van der Waals surface area contributed by atoms with E-state index in [2.05, 4.69) is 32.2 Å². The molecular formula is C27H37NO4. The Morgan fingerprint density at radius 3 is 2.59 bits per heavy atom. The quantitative estimate of drug-likeness (QED) is 0.620. The Balaban J connectivity index is 1.57. The van der Waals surface area contributed by atoms with E-state index in [0.29, 0.717) is 16.9 Å². The average molecular weight is 440 g/mol. The van der Waals surface area contributed by atoms with Crippen LogP contribution in [0, 0.1) is 11.3 Å². The van der Waals surface area contributed by atoms with E-state index < -0.39 is 0 Å². The molecule has 0 atom stereocenters. The first-order chi connectivity index (χ1) is 15.3. The van der Waals surface area contributed by atoms with Crippen LogP contribution in [0.3, 0.4) is 0 Å². The van der Waals surface area contributed by atoms with Crippen LogP contribution in [0.15, 0.2) is 53.3 Å². The van der Waals surface area contributed by atoms with Crippen molar-refractivity contribution in [3.05, 3.63) is 58.8 Å². The Hall–Kier alpha value is -2.53. The highest BCUT2D eigenvalue weighted by atomic mass is 16.5. The third-order valence-electron chi connectivity index (χ3n) is 6.49. The van der Waals surface area contributed by atoms with Gasteiger partial charge in [-0.25, -0.2) is 0 Å². The molecule has 1 fully saturated rings. The molecule has 1 aromatic rings. The van der Waals surface area contributed by atoms with Gasteiger partial charge in [0.1, 0.15) is 6.61 Å². The zero-order chi connectivity index (χ0) is 23.1. The van der Waals surface area contributed by atoms with Crippen LogP contribution in [0.5, 0.6) is 11.5 Å². The van der Waals surface area contributed by atoms with Gasteiger partial charge >= 0.3 is 0 Å². The number of allylic oxidation sites excluding steroid dienone is 5. The van der Waals surface area contributed by atoms with Gasteiger partial charge in [-0.3, -0.25) is 4.79 Å². The Morgan fingerprint density at radius 1 is 1.19 bits per heavy atom. The number of methoxy groups -OCH3 is 1. The number of ether oxygens (including phenoxy) is 2. The minimum atomic E-state index is -0.0633. The smallest absolute Gasteiger partial charge is 0.228 e. The van der Waals surface area contributed by atoms with Crippen LogP contribution in [0.2, 0.25) is 0 Å². The highest BCUT2D eigenvalue weighted by Gasteiger charge is 2.28. The summed E-state index contributed by atoms with van der Waals surface area (Å²) in [4.78, 5) is 12.7. The molecule has 0 radical (unpaired) electrons. The van der Waals surface area contributed by atoms with Crippen molar-refractivity contribution >= 4 is 5.91 Å². The molecule has 0 heterocycles. The SMILES string of the molecule is COc1cc(CC(=O)NC2=CC=CC(=C3CCC(C(C)(C)C)CC3)C2)ccc1OCCO. The summed E-state index contributed by atoms with van der Waals surface area (Å²) in [5, 5.41) is 12.0. The third-order valence-corrected chi connectivity index (χ3v) is 6.49. The number of aliphatic hydroxyl groups excluding tert-OH is 1. The van der Waals surface area contributed by atoms with E-state index >= 15 is 0 Å². The molecule has 0 bridgehead atoms. The van der Waals surface area contributed by atoms with Gasteiger partial charge in [-0.1, -0.05) is 44.6 Å². The average Bonchev–Trinajstić information content (AvgIpc) is 2.77. The fraction of sp³-hybridized carbons (Fsp3) is 0.519. The van der Waals surface area contributed by atoms with Gasteiger partial charge in [0.2, 0.25) is 5.91 Å². The number of hydrogen-bond donors (Lipinski definition) is 2. The molecule has 0 unspecified atom stereocenters. The van der Waals surface area contributed by atoms with Crippen molar-refractivity contribution in [3.63, 3.8) is 0 Å². The molecule has 0 spiro atoms. The van der Waals surface area contributed by atoms with Crippen LogP contribution in [-0.2, 0) is 11.2 Å². The normalized spacial score (nSPS) is 18.9.